The van der Waals surface area contributed by atoms with Gasteiger partial charge in [-0.2, -0.15) is 11.8 Å². The molecule has 27 heavy (non-hydrogen) atoms. The normalized spacial score (nSPS) is 13.5. The summed E-state index contributed by atoms with van der Waals surface area (Å²) in [4.78, 5) is 0. The van der Waals surface area contributed by atoms with E-state index in [1.807, 2.05) is 17.8 Å². The molecule has 0 atom stereocenters. The second-order valence-corrected chi connectivity index (χ2v) is 8.89. The molecule has 2 rings (SSSR count). The molecule has 0 amide bonds. The fourth-order valence-electron chi connectivity index (χ4n) is 2.60. The molecule has 0 nitrogen and oxygen atoms in total. The van der Waals surface area contributed by atoms with E-state index in [1.54, 1.807) is 0 Å². The molecule has 1 heteroatoms. The van der Waals surface area contributed by atoms with Crippen LogP contribution in [0.1, 0.15) is 105 Å². The Labute approximate surface area is 177 Å². The van der Waals surface area contributed by atoms with Gasteiger partial charge in [0.25, 0.3) is 0 Å². The van der Waals surface area contributed by atoms with Crippen molar-refractivity contribution in [2.45, 2.75) is 106 Å². The second kappa shape index (κ2) is 23.6. The smallest absolute Gasteiger partial charge is 0.00704 e. The Morgan fingerprint density at radius 2 is 1.48 bits per heavy atom. The maximum absolute atomic E-state index is 2.32. The van der Waals surface area contributed by atoms with Gasteiger partial charge in [0.2, 0.25) is 0 Å². The molecule has 1 aromatic rings. The maximum Gasteiger partial charge on any atom is -0.00704 e. The molecule has 0 saturated heterocycles. The summed E-state index contributed by atoms with van der Waals surface area (Å²) in [6, 6.07) is 10.5. The van der Waals surface area contributed by atoms with E-state index in [4.69, 9.17) is 0 Å². The minimum atomic E-state index is 0.884. The summed E-state index contributed by atoms with van der Waals surface area (Å²) in [5.41, 5.74) is 1.41. The molecule has 0 aromatic heterocycles. The first kappa shape index (κ1) is 28.8. The van der Waals surface area contributed by atoms with Gasteiger partial charge in [-0.15, -0.1) is 0 Å². The average molecular weight is 395 g/mol. The van der Waals surface area contributed by atoms with Crippen LogP contribution < -0.4 is 0 Å². The van der Waals surface area contributed by atoms with Gasteiger partial charge in [0.15, 0.2) is 0 Å². The van der Waals surface area contributed by atoms with E-state index in [-0.39, 0.29) is 0 Å². The van der Waals surface area contributed by atoms with Crippen LogP contribution in [0.5, 0.6) is 0 Å². The Morgan fingerprint density at radius 3 is 1.74 bits per heavy atom. The molecule has 0 heterocycles. The van der Waals surface area contributed by atoms with Crippen LogP contribution >= 0.6 is 11.8 Å². The summed E-state index contributed by atoms with van der Waals surface area (Å²) >= 11 is 1.93. The monoisotopic (exact) mass is 394 g/mol. The molecule has 0 N–H and O–H groups in total. The summed E-state index contributed by atoms with van der Waals surface area (Å²) in [5, 5.41) is 0. The molecular formula is C26H50S. The molecule has 1 aliphatic rings. The van der Waals surface area contributed by atoms with E-state index in [9.17, 15) is 0 Å². The van der Waals surface area contributed by atoms with Crippen LogP contribution in [0.3, 0.4) is 0 Å². The Kier molecular flexibility index (Phi) is 25.2. The third kappa shape index (κ3) is 23.5. The van der Waals surface area contributed by atoms with Crippen molar-refractivity contribution in [3.8, 4) is 0 Å². The van der Waals surface area contributed by atoms with Crippen molar-refractivity contribution in [3.05, 3.63) is 35.9 Å². The van der Waals surface area contributed by atoms with Gasteiger partial charge in [-0.3, -0.25) is 0 Å². The van der Waals surface area contributed by atoms with Crippen molar-refractivity contribution in [2.75, 3.05) is 12.0 Å². The fraction of sp³-hybridized carbons (Fsp3) is 0.769. The quantitative estimate of drug-likeness (QED) is 0.433. The third-order valence-corrected chi connectivity index (χ3v) is 5.77. The summed E-state index contributed by atoms with van der Waals surface area (Å²) in [6.07, 6.45) is 16.2. The number of rotatable bonds is 6. The lowest BCUT2D eigenvalue weighted by atomic mass is 9.88. The zero-order chi connectivity index (χ0) is 20.8. The molecule has 0 radical (unpaired) electrons. The molecule has 1 aliphatic carbocycles. The fourth-order valence-corrected chi connectivity index (χ4v) is 3.18. The number of thioether (sulfide) groups is 1. The van der Waals surface area contributed by atoms with Crippen LogP contribution in [-0.4, -0.2) is 12.0 Å². The van der Waals surface area contributed by atoms with E-state index in [0.717, 1.165) is 18.3 Å². The average Bonchev–Trinajstić information content (AvgIpc) is 2.74. The molecule has 1 saturated carbocycles. The lowest BCUT2D eigenvalue weighted by Gasteiger charge is -2.18. The summed E-state index contributed by atoms with van der Waals surface area (Å²) in [6.45, 7) is 13.3. The van der Waals surface area contributed by atoms with Gasteiger partial charge in [0.05, 0.1) is 0 Å². The summed E-state index contributed by atoms with van der Waals surface area (Å²) in [5.74, 6) is 3.30. The first-order chi connectivity index (χ1) is 13.0. The number of benzene rings is 1. The highest BCUT2D eigenvalue weighted by Crippen LogP contribution is 2.25. The van der Waals surface area contributed by atoms with Crippen molar-refractivity contribution in [3.63, 3.8) is 0 Å². The summed E-state index contributed by atoms with van der Waals surface area (Å²) < 4.78 is 0. The van der Waals surface area contributed by atoms with E-state index >= 15 is 0 Å². The molecule has 0 aliphatic heterocycles. The minimum Gasteiger partial charge on any atom is -0.165 e. The molecule has 0 unspecified atom stereocenters. The van der Waals surface area contributed by atoms with Gasteiger partial charge in [0, 0.05) is 0 Å². The molecule has 1 aromatic carbocycles. The highest BCUT2D eigenvalue weighted by molar-refractivity contribution is 7.98. The third-order valence-electron chi connectivity index (χ3n) is 5.07. The van der Waals surface area contributed by atoms with Crippen molar-refractivity contribution in [2.24, 2.45) is 11.8 Å². The van der Waals surface area contributed by atoms with E-state index in [1.165, 1.54) is 69.1 Å². The zero-order valence-corrected chi connectivity index (χ0v) is 20.5. The Balaban J connectivity index is 0. The number of aryl methyl sites for hydroxylation is 1. The number of hydrogen-bond acceptors (Lipinski definition) is 1. The highest BCUT2D eigenvalue weighted by atomic mass is 32.2. The van der Waals surface area contributed by atoms with Crippen molar-refractivity contribution in [1.82, 2.24) is 0 Å². The second-order valence-electron chi connectivity index (χ2n) is 7.90. The van der Waals surface area contributed by atoms with E-state index in [0.29, 0.717) is 0 Å². The van der Waals surface area contributed by atoms with E-state index in [2.05, 4.69) is 72.1 Å². The number of unbranched alkanes of at least 4 members (excludes halogenated alkanes) is 1. The lowest BCUT2D eigenvalue weighted by Crippen LogP contribution is -2.03. The van der Waals surface area contributed by atoms with Crippen LogP contribution in [0, 0.1) is 11.8 Å². The van der Waals surface area contributed by atoms with Gasteiger partial charge in [0.1, 0.15) is 0 Å². The highest BCUT2D eigenvalue weighted by Gasteiger charge is 2.09. The van der Waals surface area contributed by atoms with Crippen LogP contribution in [0.25, 0.3) is 0 Å². The molecule has 0 spiro atoms. The number of hydrogen-bond donors (Lipinski definition) is 0. The van der Waals surface area contributed by atoms with Crippen LogP contribution in [-0.2, 0) is 6.42 Å². The SMILES string of the molecule is CCC(C)C.CCC1CCCCC1.CCCCSC.CCc1ccccc1. The predicted octanol–water partition coefficient (Wildman–Crippen LogP) is 9.43. The van der Waals surface area contributed by atoms with Gasteiger partial charge < -0.3 is 0 Å². The van der Waals surface area contributed by atoms with Crippen LogP contribution in [0.4, 0.5) is 0 Å². The first-order valence-corrected chi connectivity index (χ1v) is 13.0. The first-order valence-electron chi connectivity index (χ1n) is 11.6. The topological polar surface area (TPSA) is 0 Å². The van der Waals surface area contributed by atoms with Crippen molar-refractivity contribution >= 4 is 11.8 Å². The van der Waals surface area contributed by atoms with Gasteiger partial charge >= 0.3 is 0 Å². The molecule has 160 valence electrons. The minimum absolute atomic E-state index is 0.884. The lowest BCUT2D eigenvalue weighted by molar-refractivity contribution is 0.349. The van der Waals surface area contributed by atoms with Gasteiger partial charge in [-0.1, -0.05) is 123 Å². The van der Waals surface area contributed by atoms with Crippen molar-refractivity contribution in [1.29, 1.82) is 0 Å². The molecular weight excluding hydrogens is 344 g/mol. The van der Waals surface area contributed by atoms with Crippen LogP contribution in [0.2, 0.25) is 0 Å². The van der Waals surface area contributed by atoms with Gasteiger partial charge in [-0.25, -0.2) is 0 Å². The van der Waals surface area contributed by atoms with Crippen molar-refractivity contribution < 1.29 is 0 Å². The Morgan fingerprint density at radius 1 is 0.926 bits per heavy atom. The zero-order valence-electron chi connectivity index (χ0n) is 19.7. The largest absolute Gasteiger partial charge is 0.165 e. The predicted molar refractivity (Wildman–Crippen MR) is 131 cm³/mol. The van der Waals surface area contributed by atoms with Gasteiger partial charge in [-0.05, 0) is 42.2 Å². The molecule has 0 bridgehead atoms. The Bertz CT molecular complexity index is 348. The van der Waals surface area contributed by atoms with E-state index < -0.39 is 0 Å². The maximum atomic E-state index is 2.32. The Hall–Kier alpha value is -0.430. The van der Waals surface area contributed by atoms with Crippen LogP contribution in [0.15, 0.2) is 30.3 Å². The molecule has 1 fully saturated rings. The summed E-state index contributed by atoms with van der Waals surface area (Å²) in [7, 11) is 0. The standard InChI is InChI=1S/C8H16.C8H10.C5H12S.C5H12/c2*1-2-8-6-4-3-5-7-8;1-3-4-5-6-2;1-4-5(2)3/h8H,2-7H2,1H3;3-7H,2H2,1H3;3-5H2,1-2H3;5H,4H2,1-3H3.